The van der Waals surface area contributed by atoms with Crippen LogP contribution < -0.4 is 11.2 Å². The summed E-state index contributed by atoms with van der Waals surface area (Å²) in [7, 11) is 0. The Hall–Kier alpha value is -1.48. The van der Waals surface area contributed by atoms with Crippen LogP contribution in [0.3, 0.4) is 0 Å². The lowest BCUT2D eigenvalue weighted by molar-refractivity contribution is -0.0807. The van der Waals surface area contributed by atoms with E-state index in [1.54, 1.807) is 6.92 Å². The van der Waals surface area contributed by atoms with Gasteiger partial charge in [-0.3, -0.25) is 14.3 Å². The van der Waals surface area contributed by atoms with Gasteiger partial charge in [0.15, 0.2) is 6.23 Å². The van der Waals surface area contributed by atoms with Crippen LogP contribution in [-0.2, 0) is 9.47 Å². The minimum absolute atomic E-state index is 0.0959. The van der Waals surface area contributed by atoms with E-state index in [0.717, 1.165) is 4.57 Å². The zero-order valence-electron chi connectivity index (χ0n) is 10.1. The van der Waals surface area contributed by atoms with Crippen molar-refractivity contribution in [1.29, 1.82) is 0 Å². The van der Waals surface area contributed by atoms with Gasteiger partial charge in [0.25, 0.3) is 5.56 Å². The number of aliphatic hydroxyl groups excluding tert-OH is 2. The van der Waals surface area contributed by atoms with E-state index >= 15 is 0 Å². The minimum atomic E-state index is -1.08. The number of aryl methyl sites for hydroxylation is 1. The minimum Gasteiger partial charge on any atom is -0.388 e. The zero-order chi connectivity index (χ0) is 13.7. The van der Waals surface area contributed by atoms with Crippen molar-refractivity contribution >= 4 is 0 Å². The van der Waals surface area contributed by atoms with Crippen LogP contribution in [0.5, 0.6) is 0 Å². The van der Waals surface area contributed by atoms with E-state index in [1.807, 2.05) is 0 Å². The molecule has 0 amide bonds. The predicted octanol–water partition coefficient (Wildman–Crippen LogP) is -2.14. The van der Waals surface area contributed by atoms with Crippen molar-refractivity contribution < 1.29 is 19.7 Å². The van der Waals surface area contributed by atoms with E-state index in [1.165, 1.54) is 6.20 Å². The molecule has 0 saturated carbocycles. The lowest BCUT2D eigenvalue weighted by Gasteiger charge is -2.19. The van der Waals surface area contributed by atoms with Gasteiger partial charge < -0.3 is 19.7 Å². The van der Waals surface area contributed by atoms with Crippen LogP contribution in [0, 0.1) is 6.92 Å². The summed E-state index contributed by atoms with van der Waals surface area (Å²) in [4.78, 5) is 25.2. The van der Waals surface area contributed by atoms with Crippen LogP contribution in [0.4, 0.5) is 0 Å². The van der Waals surface area contributed by atoms with Crippen LogP contribution in [0.25, 0.3) is 0 Å². The Morgan fingerprint density at radius 1 is 1.37 bits per heavy atom. The second-order valence-corrected chi connectivity index (χ2v) is 4.83. The number of aromatic amines is 1. The number of hydrogen-bond donors (Lipinski definition) is 3. The van der Waals surface area contributed by atoms with Gasteiger partial charge in [-0.05, 0) is 6.92 Å². The Morgan fingerprint density at radius 3 is 2.79 bits per heavy atom. The Labute approximate surface area is 107 Å². The first-order valence-corrected chi connectivity index (χ1v) is 5.94. The number of rotatable bonds is 1. The molecule has 0 aromatic carbocycles. The number of aromatic nitrogens is 2. The van der Waals surface area contributed by atoms with Crippen molar-refractivity contribution in [2.75, 3.05) is 6.61 Å². The highest BCUT2D eigenvalue weighted by atomic mass is 16.6. The van der Waals surface area contributed by atoms with Crippen LogP contribution in [-0.4, -0.2) is 50.8 Å². The van der Waals surface area contributed by atoms with Crippen LogP contribution in [0.2, 0.25) is 0 Å². The van der Waals surface area contributed by atoms with E-state index in [0.29, 0.717) is 5.56 Å². The van der Waals surface area contributed by atoms with Crippen molar-refractivity contribution in [2.45, 2.75) is 37.6 Å². The maximum atomic E-state index is 11.7. The molecular weight excluding hydrogens is 256 g/mol. The second kappa shape index (κ2) is 4.27. The fourth-order valence-electron chi connectivity index (χ4n) is 2.49. The van der Waals surface area contributed by atoms with Crippen molar-refractivity contribution in [3.63, 3.8) is 0 Å². The van der Waals surface area contributed by atoms with Crippen molar-refractivity contribution in [3.05, 3.63) is 32.6 Å². The van der Waals surface area contributed by atoms with Crippen molar-refractivity contribution in [3.8, 4) is 0 Å². The van der Waals surface area contributed by atoms with Crippen molar-refractivity contribution in [1.82, 2.24) is 9.55 Å². The average molecular weight is 270 g/mol. The first-order valence-electron chi connectivity index (χ1n) is 5.94. The SMILES string of the molecule is Cc1cn([C@H]2O[C@H]3[C@H](OC[C@H]3O)[C@H]2O)c(=O)[nH]c1=O. The van der Waals surface area contributed by atoms with E-state index < -0.39 is 41.9 Å². The summed E-state index contributed by atoms with van der Waals surface area (Å²) in [6.45, 7) is 1.64. The molecule has 2 aliphatic heterocycles. The third kappa shape index (κ3) is 1.84. The molecule has 0 bridgehead atoms. The molecule has 1 aromatic heterocycles. The van der Waals surface area contributed by atoms with Crippen LogP contribution in [0.1, 0.15) is 11.8 Å². The van der Waals surface area contributed by atoms with Gasteiger partial charge in [-0.15, -0.1) is 0 Å². The third-order valence-corrected chi connectivity index (χ3v) is 3.51. The summed E-state index contributed by atoms with van der Waals surface area (Å²) >= 11 is 0. The summed E-state index contributed by atoms with van der Waals surface area (Å²) in [6.07, 6.45) is -2.90. The van der Waals surface area contributed by atoms with E-state index in [2.05, 4.69) is 4.98 Å². The molecule has 0 unspecified atom stereocenters. The number of aliphatic hydroxyl groups is 2. The molecule has 0 radical (unpaired) electrons. The number of hydrogen-bond acceptors (Lipinski definition) is 6. The predicted molar refractivity (Wildman–Crippen MR) is 61.7 cm³/mol. The molecule has 2 aliphatic rings. The molecule has 3 heterocycles. The lowest BCUT2D eigenvalue weighted by Crippen LogP contribution is -2.38. The number of fused-ring (bicyclic) bond motifs is 1. The van der Waals surface area contributed by atoms with Gasteiger partial charge in [0.2, 0.25) is 0 Å². The molecular formula is C11H14N2O6. The van der Waals surface area contributed by atoms with E-state index in [4.69, 9.17) is 9.47 Å². The number of H-pyrrole nitrogens is 1. The summed E-state index contributed by atoms with van der Waals surface area (Å²) in [5.41, 5.74) is -0.826. The Morgan fingerprint density at radius 2 is 2.11 bits per heavy atom. The molecule has 8 nitrogen and oxygen atoms in total. The van der Waals surface area contributed by atoms with Gasteiger partial charge in [-0.1, -0.05) is 0 Å². The van der Waals surface area contributed by atoms with Gasteiger partial charge >= 0.3 is 5.69 Å². The zero-order valence-corrected chi connectivity index (χ0v) is 10.1. The van der Waals surface area contributed by atoms with Crippen molar-refractivity contribution in [2.24, 2.45) is 0 Å². The Bertz CT molecular complexity index is 608. The van der Waals surface area contributed by atoms with E-state index in [9.17, 15) is 19.8 Å². The molecule has 8 heteroatoms. The summed E-state index contributed by atoms with van der Waals surface area (Å²) in [5.74, 6) is 0. The van der Waals surface area contributed by atoms with Gasteiger partial charge in [0.05, 0.1) is 6.61 Å². The van der Waals surface area contributed by atoms with Crippen LogP contribution in [0.15, 0.2) is 15.8 Å². The van der Waals surface area contributed by atoms with Gasteiger partial charge in [-0.2, -0.15) is 0 Å². The molecule has 0 aliphatic carbocycles. The molecule has 19 heavy (non-hydrogen) atoms. The lowest BCUT2D eigenvalue weighted by atomic mass is 10.1. The molecule has 1 aromatic rings. The molecule has 5 atom stereocenters. The maximum absolute atomic E-state index is 11.7. The maximum Gasteiger partial charge on any atom is 0.330 e. The Balaban J connectivity index is 1.98. The molecule has 3 rings (SSSR count). The molecule has 2 fully saturated rings. The monoisotopic (exact) mass is 270 g/mol. The number of nitrogens with zero attached hydrogens (tertiary/aromatic N) is 1. The Kier molecular flexibility index (Phi) is 2.82. The standard InChI is InChI=1S/C11H14N2O6/c1-4-2-13(11(17)12-9(4)16)10-6(15)8-7(19-10)5(14)3-18-8/h2,5-8,10,14-15H,3H2,1H3,(H,12,16,17)/t5-,6-,7-,8-,10+/m1/s1. The summed E-state index contributed by atoms with van der Waals surface area (Å²) in [6, 6.07) is 0. The smallest absolute Gasteiger partial charge is 0.330 e. The van der Waals surface area contributed by atoms with E-state index in [-0.39, 0.29) is 6.61 Å². The summed E-state index contributed by atoms with van der Waals surface area (Å²) < 4.78 is 11.8. The second-order valence-electron chi connectivity index (χ2n) is 4.83. The largest absolute Gasteiger partial charge is 0.388 e. The highest BCUT2D eigenvalue weighted by molar-refractivity contribution is 5.04. The molecule has 3 N–H and O–H groups in total. The fourth-order valence-corrected chi connectivity index (χ4v) is 2.49. The molecule has 2 saturated heterocycles. The first-order chi connectivity index (χ1) is 8.99. The summed E-state index contributed by atoms with van der Waals surface area (Å²) in [5, 5.41) is 19.7. The molecule has 0 spiro atoms. The number of ether oxygens (including phenoxy) is 2. The van der Waals surface area contributed by atoms with Gasteiger partial charge in [-0.25, -0.2) is 4.79 Å². The van der Waals surface area contributed by atoms with Crippen LogP contribution >= 0.6 is 0 Å². The van der Waals surface area contributed by atoms with Gasteiger partial charge in [0, 0.05) is 11.8 Å². The number of nitrogens with one attached hydrogen (secondary N) is 1. The first kappa shape index (κ1) is 12.5. The fraction of sp³-hybridized carbons (Fsp3) is 0.636. The van der Waals surface area contributed by atoms with Gasteiger partial charge in [0.1, 0.15) is 24.4 Å². The topological polar surface area (TPSA) is 114 Å². The normalized spacial score (nSPS) is 37.5. The molecule has 104 valence electrons. The quantitative estimate of drug-likeness (QED) is 0.537. The highest BCUT2D eigenvalue weighted by Gasteiger charge is 2.52. The average Bonchev–Trinajstić information content (AvgIpc) is 2.87. The highest BCUT2D eigenvalue weighted by Crippen LogP contribution is 2.35. The third-order valence-electron chi connectivity index (χ3n) is 3.51.